The largest absolute Gasteiger partial charge is 0.398 e. The highest BCUT2D eigenvalue weighted by Gasteiger charge is 2.27. The lowest BCUT2D eigenvalue weighted by molar-refractivity contribution is 0.0989. The minimum atomic E-state index is -0.332. The maximum Gasteiger partial charge on any atom is 0.260 e. The minimum absolute atomic E-state index is 0.162. The number of rotatable bonds is 1. The lowest BCUT2D eigenvalue weighted by atomic mass is 10.1. The molecule has 1 amide bonds. The summed E-state index contributed by atoms with van der Waals surface area (Å²) in [6, 6.07) is 9.96. The topological polar surface area (TPSA) is 46.3 Å². The van der Waals surface area contributed by atoms with Gasteiger partial charge in [-0.3, -0.25) is 4.79 Å². The maximum absolute atomic E-state index is 13.4. The Balaban J connectivity index is 2.04. The van der Waals surface area contributed by atoms with Gasteiger partial charge in [-0.05, 0) is 42.7 Å². The van der Waals surface area contributed by atoms with Crippen molar-refractivity contribution in [3.8, 4) is 0 Å². The molecule has 1 aliphatic rings. The lowest BCUT2D eigenvalue weighted by Crippen LogP contribution is -2.30. The average molecular weight is 270 g/mol. The number of halogens is 1. The first kappa shape index (κ1) is 12.7. The molecule has 3 nitrogen and oxygen atoms in total. The van der Waals surface area contributed by atoms with Gasteiger partial charge in [0, 0.05) is 12.2 Å². The summed E-state index contributed by atoms with van der Waals surface area (Å²) in [5.41, 5.74) is 9.36. The van der Waals surface area contributed by atoms with Crippen molar-refractivity contribution < 1.29 is 9.18 Å². The normalized spacial score (nSPS) is 13.4. The molecule has 1 heterocycles. The molecule has 2 N–H and O–H groups in total. The number of fused-ring (bicyclic) bond motifs is 1. The fourth-order valence-electron chi connectivity index (χ4n) is 2.68. The second kappa shape index (κ2) is 4.63. The summed E-state index contributed by atoms with van der Waals surface area (Å²) in [6.07, 6.45) is 0.743. The SMILES string of the molecule is Cc1cccc(N)c1C(=O)N1CCc2ccc(F)cc21. The molecule has 0 unspecified atom stereocenters. The van der Waals surface area contributed by atoms with Crippen LogP contribution in [0.2, 0.25) is 0 Å². The Labute approximate surface area is 116 Å². The van der Waals surface area contributed by atoms with Gasteiger partial charge in [0.15, 0.2) is 0 Å². The van der Waals surface area contributed by atoms with Crippen molar-refractivity contribution in [1.82, 2.24) is 0 Å². The highest BCUT2D eigenvalue weighted by molar-refractivity contribution is 6.11. The van der Waals surface area contributed by atoms with Crippen LogP contribution >= 0.6 is 0 Å². The van der Waals surface area contributed by atoms with Crippen molar-refractivity contribution in [3.63, 3.8) is 0 Å². The molecule has 3 rings (SSSR count). The van der Waals surface area contributed by atoms with Crippen LogP contribution in [0.25, 0.3) is 0 Å². The van der Waals surface area contributed by atoms with E-state index < -0.39 is 0 Å². The van der Waals surface area contributed by atoms with E-state index in [1.165, 1.54) is 12.1 Å². The fraction of sp³-hybridized carbons (Fsp3) is 0.188. The van der Waals surface area contributed by atoms with Gasteiger partial charge >= 0.3 is 0 Å². The maximum atomic E-state index is 13.4. The third kappa shape index (κ3) is 1.93. The summed E-state index contributed by atoms with van der Waals surface area (Å²) >= 11 is 0. The van der Waals surface area contributed by atoms with Crippen LogP contribution in [0, 0.1) is 12.7 Å². The number of anilines is 2. The number of hydrogen-bond donors (Lipinski definition) is 1. The predicted octanol–water partition coefficient (Wildman–Crippen LogP) is 2.92. The third-order valence-electron chi connectivity index (χ3n) is 3.71. The Morgan fingerprint density at radius 2 is 2.10 bits per heavy atom. The Morgan fingerprint density at radius 3 is 2.85 bits per heavy atom. The Hall–Kier alpha value is -2.36. The van der Waals surface area contributed by atoms with Gasteiger partial charge in [-0.25, -0.2) is 4.39 Å². The van der Waals surface area contributed by atoms with Crippen LogP contribution in [0.15, 0.2) is 36.4 Å². The first-order valence-corrected chi connectivity index (χ1v) is 6.53. The molecule has 102 valence electrons. The molecule has 0 aromatic heterocycles. The second-order valence-electron chi connectivity index (χ2n) is 5.02. The van der Waals surface area contributed by atoms with Crippen LogP contribution in [-0.2, 0) is 6.42 Å². The summed E-state index contributed by atoms with van der Waals surface area (Å²) in [7, 11) is 0. The van der Waals surface area contributed by atoms with E-state index >= 15 is 0 Å². The monoisotopic (exact) mass is 270 g/mol. The smallest absolute Gasteiger partial charge is 0.260 e. The van der Waals surface area contributed by atoms with E-state index in [-0.39, 0.29) is 11.7 Å². The van der Waals surface area contributed by atoms with Crippen LogP contribution in [-0.4, -0.2) is 12.5 Å². The van der Waals surface area contributed by atoms with E-state index in [0.29, 0.717) is 23.5 Å². The number of nitrogens with zero attached hydrogens (tertiary/aromatic N) is 1. The molecule has 0 radical (unpaired) electrons. The molecular weight excluding hydrogens is 255 g/mol. The molecule has 0 saturated carbocycles. The number of hydrogen-bond acceptors (Lipinski definition) is 2. The van der Waals surface area contributed by atoms with Gasteiger partial charge in [0.25, 0.3) is 5.91 Å². The van der Waals surface area contributed by atoms with E-state index in [0.717, 1.165) is 17.5 Å². The van der Waals surface area contributed by atoms with Crippen LogP contribution < -0.4 is 10.6 Å². The fourth-order valence-corrected chi connectivity index (χ4v) is 2.68. The van der Waals surface area contributed by atoms with E-state index in [1.54, 1.807) is 17.0 Å². The van der Waals surface area contributed by atoms with Gasteiger partial charge in [0.2, 0.25) is 0 Å². The molecule has 2 aromatic carbocycles. The van der Waals surface area contributed by atoms with E-state index in [2.05, 4.69) is 0 Å². The molecule has 1 aliphatic heterocycles. The zero-order chi connectivity index (χ0) is 14.3. The highest BCUT2D eigenvalue weighted by Crippen LogP contribution is 2.31. The molecule has 0 spiro atoms. The minimum Gasteiger partial charge on any atom is -0.398 e. The zero-order valence-corrected chi connectivity index (χ0v) is 11.2. The zero-order valence-electron chi connectivity index (χ0n) is 11.2. The van der Waals surface area contributed by atoms with Crippen molar-refractivity contribution in [2.24, 2.45) is 0 Å². The molecule has 0 saturated heterocycles. The summed E-state index contributed by atoms with van der Waals surface area (Å²) in [5, 5.41) is 0. The Kier molecular flexibility index (Phi) is 2.93. The van der Waals surface area contributed by atoms with E-state index in [9.17, 15) is 9.18 Å². The highest BCUT2D eigenvalue weighted by atomic mass is 19.1. The van der Waals surface area contributed by atoms with Gasteiger partial charge in [0.05, 0.1) is 11.3 Å². The van der Waals surface area contributed by atoms with Crippen LogP contribution in [0.5, 0.6) is 0 Å². The van der Waals surface area contributed by atoms with Crippen molar-refractivity contribution in [2.45, 2.75) is 13.3 Å². The Bertz CT molecular complexity index is 677. The van der Waals surface area contributed by atoms with Crippen LogP contribution in [0.4, 0.5) is 15.8 Å². The molecular formula is C16H15FN2O. The molecule has 0 aliphatic carbocycles. The number of carbonyl (C=O) groups is 1. The number of carbonyl (C=O) groups excluding carboxylic acids is 1. The second-order valence-corrected chi connectivity index (χ2v) is 5.02. The number of benzene rings is 2. The van der Waals surface area contributed by atoms with Gasteiger partial charge in [-0.15, -0.1) is 0 Å². The summed E-state index contributed by atoms with van der Waals surface area (Å²) < 4.78 is 13.4. The molecule has 4 heteroatoms. The molecule has 0 atom stereocenters. The number of amides is 1. The first-order valence-electron chi connectivity index (χ1n) is 6.53. The summed E-state index contributed by atoms with van der Waals surface area (Å²) in [4.78, 5) is 14.3. The van der Waals surface area contributed by atoms with Crippen LogP contribution in [0.3, 0.4) is 0 Å². The molecule has 20 heavy (non-hydrogen) atoms. The van der Waals surface area contributed by atoms with E-state index in [4.69, 9.17) is 5.73 Å². The van der Waals surface area contributed by atoms with Crippen molar-refractivity contribution in [2.75, 3.05) is 17.2 Å². The van der Waals surface area contributed by atoms with Crippen LogP contribution in [0.1, 0.15) is 21.5 Å². The standard InChI is InChI=1S/C16H15FN2O/c1-10-3-2-4-13(18)15(10)16(20)19-8-7-11-5-6-12(17)9-14(11)19/h2-6,9H,7-8,18H2,1H3. The lowest BCUT2D eigenvalue weighted by Gasteiger charge is -2.19. The van der Waals surface area contributed by atoms with Gasteiger partial charge in [-0.2, -0.15) is 0 Å². The molecule has 0 bridgehead atoms. The van der Waals surface area contributed by atoms with Gasteiger partial charge < -0.3 is 10.6 Å². The molecule has 0 fully saturated rings. The summed E-state index contributed by atoms with van der Waals surface area (Å²) in [6.45, 7) is 2.41. The van der Waals surface area contributed by atoms with Gasteiger partial charge in [0.1, 0.15) is 5.82 Å². The van der Waals surface area contributed by atoms with E-state index in [1.807, 2.05) is 19.1 Å². The summed E-state index contributed by atoms with van der Waals surface area (Å²) in [5.74, 6) is -0.494. The number of nitrogen functional groups attached to an aromatic ring is 1. The number of nitrogens with two attached hydrogens (primary N) is 1. The number of aryl methyl sites for hydroxylation is 1. The molecule has 2 aromatic rings. The first-order chi connectivity index (χ1) is 9.58. The van der Waals surface area contributed by atoms with Crippen molar-refractivity contribution in [3.05, 3.63) is 58.9 Å². The van der Waals surface area contributed by atoms with Gasteiger partial charge in [-0.1, -0.05) is 18.2 Å². The van der Waals surface area contributed by atoms with Crippen molar-refractivity contribution >= 4 is 17.3 Å². The Morgan fingerprint density at radius 1 is 1.30 bits per heavy atom. The predicted molar refractivity (Wildman–Crippen MR) is 77.4 cm³/mol. The van der Waals surface area contributed by atoms with Crippen molar-refractivity contribution in [1.29, 1.82) is 0 Å². The third-order valence-corrected chi connectivity index (χ3v) is 3.71. The quantitative estimate of drug-likeness (QED) is 0.810. The average Bonchev–Trinajstić information content (AvgIpc) is 2.81.